The summed E-state index contributed by atoms with van der Waals surface area (Å²) in [5.41, 5.74) is 3.06. The van der Waals surface area contributed by atoms with E-state index in [2.05, 4.69) is 4.90 Å². The van der Waals surface area contributed by atoms with Gasteiger partial charge in [0.05, 0.1) is 16.7 Å². The maximum Gasteiger partial charge on any atom is 0.264 e. The molecule has 1 atom stereocenters. The predicted molar refractivity (Wildman–Crippen MR) is 147 cm³/mol. The van der Waals surface area contributed by atoms with Crippen molar-refractivity contribution in [1.82, 2.24) is 4.90 Å². The number of nitrogens with zero attached hydrogens (tertiary/aromatic N) is 2. The van der Waals surface area contributed by atoms with Gasteiger partial charge in [0.25, 0.3) is 10.0 Å². The molecule has 2 aliphatic heterocycles. The Bertz CT molecular complexity index is 1230. The summed E-state index contributed by atoms with van der Waals surface area (Å²) < 4.78 is 35.3. The Hall–Kier alpha value is -1.89. The Morgan fingerprint density at radius 1 is 0.892 bits per heavy atom. The zero-order valence-corrected chi connectivity index (χ0v) is 22.8. The first-order valence-electron chi connectivity index (χ1n) is 14.4. The molecule has 5 nitrogen and oxygen atoms in total. The highest BCUT2D eigenvalue weighted by atomic mass is 32.2. The van der Waals surface area contributed by atoms with Crippen molar-refractivity contribution < 1.29 is 13.2 Å². The van der Waals surface area contributed by atoms with Crippen molar-refractivity contribution in [2.24, 2.45) is 29.1 Å². The summed E-state index contributed by atoms with van der Waals surface area (Å²) in [6, 6.07) is 15.4. The fourth-order valence-electron chi connectivity index (χ4n) is 9.19. The largest absolute Gasteiger partial charge is 0.380 e. The Balaban J connectivity index is 1.03. The van der Waals surface area contributed by atoms with E-state index in [1.807, 2.05) is 49.6 Å². The second-order valence-electron chi connectivity index (χ2n) is 12.8. The quantitative estimate of drug-likeness (QED) is 0.483. The number of methoxy groups -OCH3 is 1. The third-order valence-electron chi connectivity index (χ3n) is 10.5. The maximum atomic E-state index is 13.7. The molecule has 0 radical (unpaired) electrons. The summed E-state index contributed by atoms with van der Waals surface area (Å²) in [6.07, 6.45) is 10.9. The summed E-state index contributed by atoms with van der Waals surface area (Å²) >= 11 is 0. The van der Waals surface area contributed by atoms with E-state index in [1.54, 1.807) is 10.4 Å². The summed E-state index contributed by atoms with van der Waals surface area (Å²) in [7, 11) is -1.62. The van der Waals surface area contributed by atoms with E-state index in [1.165, 1.54) is 38.5 Å². The lowest BCUT2D eigenvalue weighted by Gasteiger charge is -2.59. The van der Waals surface area contributed by atoms with Gasteiger partial charge in [-0.05, 0) is 106 Å². The molecule has 8 rings (SSSR count). The summed E-state index contributed by atoms with van der Waals surface area (Å²) in [4.78, 5) is 3.04. The van der Waals surface area contributed by atoms with Gasteiger partial charge in [-0.2, -0.15) is 0 Å². The lowest BCUT2D eigenvalue weighted by atomic mass is 9.48. The van der Waals surface area contributed by atoms with Gasteiger partial charge in [-0.3, -0.25) is 4.31 Å². The summed E-state index contributed by atoms with van der Waals surface area (Å²) in [5.74, 6) is 3.18. The Labute approximate surface area is 222 Å². The molecule has 6 heteroatoms. The van der Waals surface area contributed by atoms with Crippen LogP contribution in [0.4, 0.5) is 5.69 Å². The van der Waals surface area contributed by atoms with Gasteiger partial charge in [0, 0.05) is 31.3 Å². The molecular weight excluding hydrogens is 480 g/mol. The third kappa shape index (κ3) is 4.06. The molecule has 37 heavy (non-hydrogen) atoms. The van der Waals surface area contributed by atoms with Gasteiger partial charge in [0.1, 0.15) is 0 Å². The number of hydrogen-bond acceptors (Lipinski definition) is 4. The van der Waals surface area contributed by atoms with Gasteiger partial charge in [0.15, 0.2) is 0 Å². The molecule has 4 saturated carbocycles. The van der Waals surface area contributed by atoms with E-state index in [0.717, 1.165) is 67.0 Å². The van der Waals surface area contributed by atoms with E-state index >= 15 is 0 Å². The first kappa shape index (κ1) is 24.2. The molecule has 2 heterocycles. The maximum absolute atomic E-state index is 13.7. The number of sulfonamides is 1. The van der Waals surface area contributed by atoms with Crippen molar-refractivity contribution in [2.75, 3.05) is 37.6 Å². The highest BCUT2D eigenvalue weighted by molar-refractivity contribution is 7.93. The smallest absolute Gasteiger partial charge is 0.264 e. The van der Waals surface area contributed by atoms with Crippen LogP contribution in [-0.2, 0) is 14.8 Å². The number of ether oxygens (including phenoxy) is 1. The SMILES string of the molecule is CO[C@H](CN1CCC(CN2c3ccccc3-c3ccccc3S2(=O)=O)CC1)C12CC3CC(CC(C3)C1)C2. The number of para-hydroxylation sites is 1. The Morgan fingerprint density at radius 3 is 2.14 bits per heavy atom. The van der Waals surface area contributed by atoms with Gasteiger partial charge < -0.3 is 9.64 Å². The molecule has 6 aliphatic rings. The molecule has 1 saturated heterocycles. The number of hydrogen-bond donors (Lipinski definition) is 0. The van der Waals surface area contributed by atoms with Crippen LogP contribution in [0.5, 0.6) is 0 Å². The van der Waals surface area contributed by atoms with Gasteiger partial charge in [-0.15, -0.1) is 0 Å². The lowest BCUT2D eigenvalue weighted by molar-refractivity contribution is -0.139. The molecule has 4 aliphatic carbocycles. The van der Waals surface area contributed by atoms with Gasteiger partial charge in [0.2, 0.25) is 0 Å². The van der Waals surface area contributed by atoms with Crippen LogP contribution >= 0.6 is 0 Å². The minimum Gasteiger partial charge on any atom is -0.380 e. The van der Waals surface area contributed by atoms with Crippen molar-refractivity contribution in [3.05, 3.63) is 48.5 Å². The molecule has 0 N–H and O–H groups in total. The fourth-order valence-corrected chi connectivity index (χ4v) is 11.0. The van der Waals surface area contributed by atoms with Gasteiger partial charge in [-0.25, -0.2) is 8.42 Å². The third-order valence-corrected chi connectivity index (χ3v) is 12.4. The Morgan fingerprint density at radius 2 is 1.49 bits per heavy atom. The van der Waals surface area contributed by atoms with E-state index in [9.17, 15) is 8.42 Å². The number of anilines is 1. The van der Waals surface area contributed by atoms with Crippen molar-refractivity contribution in [2.45, 2.75) is 62.4 Å². The van der Waals surface area contributed by atoms with Gasteiger partial charge in [-0.1, -0.05) is 36.4 Å². The Kier molecular flexibility index (Phi) is 5.94. The molecule has 2 aromatic carbocycles. The minimum atomic E-state index is -3.56. The number of rotatable bonds is 6. The minimum absolute atomic E-state index is 0.336. The second kappa shape index (κ2) is 9.10. The van der Waals surface area contributed by atoms with Crippen LogP contribution in [0.15, 0.2) is 53.4 Å². The number of benzene rings is 2. The number of likely N-dealkylation sites (tertiary alicyclic amines) is 1. The number of fused-ring (bicyclic) bond motifs is 3. The monoisotopic (exact) mass is 520 g/mol. The molecule has 0 amide bonds. The zero-order valence-electron chi connectivity index (χ0n) is 22.0. The standard InChI is InChI=1S/C31H40N2O3S/c1-36-30(31-17-23-14-24(18-31)16-25(15-23)19-31)21-32-12-10-22(11-13-32)20-33-28-8-4-2-6-26(28)27-7-3-5-9-29(27)37(33,34)35/h2-9,22-25,30H,10-21H2,1H3/t23?,24?,25?,30-,31?/m1/s1. The first-order valence-corrected chi connectivity index (χ1v) is 15.9. The van der Waals surface area contributed by atoms with Crippen molar-refractivity contribution in [3.8, 4) is 11.1 Å². The highest BCUT2D eigenvalue weighted by Gasteiger charge is 2.54. The van der Waals surface area contributed by atoms with E-state index in [0.29, 0.717) is 28.9 Å². The lowest BCUT2D eigenvalue weighted by Crippen LogP contribution is -2.55. The normalized spacial score (nSPS) is 33.2. The molecule has 5 fully saturated rings. The molecule has 0 unspecified atom stereocenters. The van der Waals surface area contributed by atoms with Crippen LogP contribution in [0.25, 0.3) is 11.1 Å². The van der Waals surface area contributed by atoms with Crippen LogP contribution in [0.3, 0.4) is 0 Å². The molecule has 4 bridgehead atoms. The first-order chi connectivity index (χ1) is 17.9. The van der Waals surface area contributed by atoms with Gasteiger partial charge >= 0.3 is 0 Å². The molecular formula is C31H40N2O3S. The van der Waals surface area contributed by atoms with E-state index in [4.69, 9.17) is 4.74 Å². The highest BCUT2D eigenvalue weighted by Crippen LogP contribution is 2.61. The summed E-state index contributed by atoms with van der Waals surface area (Å²) in [6.45, 7) is 3.66. The predicted octanol–water partition coefficient (Wildman–Crippen LogP) is 5.81. The molecule has 2 aromatic rings. The molecule has 0 aromatic heterocycles. The average molecular weight is 521 g/mol. The van der Waals surface area contributed by atoms with Crippen LogP contribution in [0.2, 0.25) is 0 Å². The van der Waals surface area contributed by atoms with E-state index < -0.39 is 10.0 Å². The molecule has 198 valence electrons. The van der Waals surface area contributed by atoms with Crippen LogP contribution in [0, 0.1) is 29.1 Å². The average Bonchev–Trinajstić information content (AvgIpc) is 2.90. The van der Waals surface area contributed by atoms with Crippen LogP contribution in [-0.4, -0.2) is 52.7 Å². The molecule has 0 spiro atoms. The fraction of sp³-hybridized carbons (Fsp3) is 0.613. The zero-order chi connectivity index (χ0) is 25.2. The van der Waals surface area contributed by atoms with Crippen molar-refractivity contribution in [3.63, 3.8) is 0 Å². The van der Waals surface area contributed by atoms with Crippen LogP contribution < -0.4 is 4.31 Å². The number of piperidine rings is 1. The summed E-state index contributed by atoms with van der Waals surface area (Å²) in [5, 5.41) is 0. The topological polar surface area (TPSA) is 49.9 Å². The van der Waals surface area contributed by atoms with Crippen molar-refractivity contribution >= 4 is 15.7 Å². The van der Waals surface area contributed by atoms with Crippen molar-refractivity contribution in [1.29, 1.82) is 0 Å². The second-order valence-corrected chi connectivity index (χ2v) is 14.6. The van der Waals surface area contributed by atoms with Crippen LogP contribution in [0.1, 0.15) is 51.4 Å². The van der Waals surface area contributed by atoms with E-state index in [-0.39, 0.29) is 0 Å².